The van der Waals surface area contributed by atoms with Crippen molar-refractivity contribution >= 4 is 23.7 Å². The Morgan fingerprint density at radius 2 is 1.95 bits per heavy atom. The number of aliphatic carboxylic acids is 1. The molecule has 0 aromatic carbocycles. The third-order valence-corrected chi connectivity index (χ3v) is 1.98. The summed E-state index contributed by atoms with van der Waals surface area (Å²) in [5.74, 6) is -1.74. The summed E-state index contributed by atoms with van der Waals surface area (Å²) < 4.78 is 5.04. The average molecular weight is 286 g/mol. The Labute approximate surface area is 116 Å². The molecule has 0 aromatic heterocycles. The molecule has 0 spiro atoms. The van der Waals surface area contributed by atoms with E-state index in [-0.39, 0.29) is 37.4 Å². The molecule has 0 unspecified atom stereocenters. The van der Waals surface area contributed by atoms with Gasteiger partial charge in [-0.05, 0) is 0 Å². The van der Waals surface area contributed by atoms with Crippen molar-refractivity contribution < 1.29 is 29.0 Å². The van der Waals surface area contributed by atoms with Crippen LogP contribution in [0, 0.1) is 0 Å². The average Bonchev–Trinajstić information content (AvgIpc) is 2.50. The molecule has 1 rings (SSSR count). The van der Waals surface area contributed by atoms with Gasteiger partial charge in [-0.3, -0.25) is 24.5 Å². The largest absolute Gasteiger partial charge is 0.481 e. The van der Waals surface area contributed by atoms with Gasteiger partial charge in [-0.1, -0.05) is 6.08 Å². The third kappa shape index (κ3) is 9.77. The number of imide groups is 1. The topological polar surface area (TPSA) is 113 Å². The van der Waals surface area contributed by atoms with Gasteiger partial charge in [-0.25, -0.2) is 0 Å². The lowest BCUT2D eigenvalue weighted by atomic mass is 10.4. The number of carboxylic acids is 1. The summed E-state index contributed by atoms with van der Waals surface area (Å²) in [6.45, 7) is 3.34. The van der Waals surface area contributed by atoms with E-state index in [0.29, 0.717) is 6.61 Å². The molecule has 1 aliphatic heterocycles. The molecule has 0 saturated carbocycles. The molecule has 0 aliphatic carbocycles. The van der Waals surface area contributed by atoms with Crippen molar-refractivity contribution in [2.75, 3.05) is 19.9 Å². The first kappa shape index (κ1) is 17.8. The number of carbonyl (C=O) groups excluding carboxylic acids is 3. The van der Waals surface area contributed by atoms with E-state index in [1.54, 1.807) is 6.08 Å². The van der Waals surface area contributed by atoms with Crippen LogP contribution >= 0.6 is 0 Å². The van der Waals surface area contributed by atoms with Crippen LogP contribution in [0.1, 0.15) is 20.3 Å². The summed E-state index contributed by atoms with van der Waals surface area (Å²) in [5, 5.41) is 10.4. The summed E-state index contributed by atoms with van der Waals surface area (Å²) in [6, 6.07) is 0. The first-order valence-electron chi connectivity index (χ1n) is 5.86. The molecule has 1 aliphatic rings. The quantitative estimate of drug-likeness (QED) is 0.723. The molecule has 8 nitrogen and oxygen atoms in total. The van der Waals surface area contributed by atoms with Crippen LogP contribution in [0.3, 0.4) is 0 Å². The van der Waals surface area contributed by atoms with Gasteiger partial charge in [-0.15, -0.1) is 0 Å². The molecule has 2 N–H and O–H groups in total. The number of ether oxygens (including phenoxy) is 1. The molecule has 20 heavy (non-hydrogen) atoms. The monoisotopic (exact) mass is 286 g/mol. The highest BCUT2D eigenvalue weighted by atomic mass is 16.5. The van der Waals surface area contributed by atoms with E-state index in [0.717, 1.165) is 0 Å². The van der Waals surface area contributed by atoms with Crippen molar-refractivity contribution in [2.45, 2.75) is 20.3 Å². The van der Waals surface area contributed by atoms with Crippen LogP contribution in [-0.4, -0.2) is 53.6 Å². The zero-order valence-corrected chi connectivity index (χ0v) is 11.4. The van der Waals surface area contributed by atoms with E-state index >= 15 is 0 Å². The second kappa shape index (κ2) is 9.68. The Hall–Kier alpha value is -2.22. The number of hydrogen-bond acceptors (Lipinski definition) is 5. The fraction of sp³-hybridized carbons (Fsp3) is 0.500. The minimum Gasteiger partial charge on any atom is -0.481 e. The standard InChI is InChI=1S/C8H11NO4.C4H7NO2/c10-7-2-1-5-13-6-9(7)4-3-8(11)12;1-3(6)5-4(2)7/h1-2H,3-6H2,(H,11,12);1-2H3,(H,5,6,7). The summed E-state index contributed by atoms with van der Waals surface area (Å²) in [4.78, 5) is 42.6. The van der Waals surface area contributed by atoms with E-state index in [1.165, 1.54) is 24.8 Å². The Morgan fingerprint density at radius 3 is 2.40 bits per heavy atom. The van der Waals surface area contributed by atoms with Gasteiger partial charge in [0.2, 0.25) is 17.7 Å². The van der Waals surface area contributed by atoms with Gasteiger partial charge in [-0.2, -0.15) is 0 Å². The smallest absolute Gasteiger partial charge is 0.305 e. The minimum atomic E-state index is -0.916. The zero-order chi connectivity index (χ0) is 15.5. The summed E-state index contributed by atoms with van der Waals surface area (Å²) in [6.07, 6.45) is 2.96. The van der Waals surface area contributed by atoms with Crippen molar-refractivity contribution in [1.29, 1.82) is 0 Å². The lowest BCUT2D eigenvalue weighted by Crippen LogP contribution is -2.32. The van der Waals surface area contributed by atoms with Crippen molar-refractivity contribution in [3.05, 3.63) is 12.2 Å². The molecule has 8 heteroatoms. The predicted molar refractivity (Wildman–Crippen MR) is 68.4 cm³/mol. The highest BCUT2D eigenvalue weighted by molar-refractivity contribution is 5.92. The molecule has 0 aromatic rings. The maximum atomic E-state index is 11.2. The Morgan fingerprint density at radius 1 is 1.35 bits per heavy atom. The number of carbonyl (C=O) groups is 4. The van der Waals surface area contributed by atoms with Crippen LogP contribution in [0.4, 0.5) is 0 Å². The van der Waals surface area contributed by atoms with Crippen molar-refractivity contribution in [3.8, 4) is 0 Å². The van der Waals surface area contributed by atoms with E-state index in [4.69, 9.17) is 9.84 Å². The van der Waals surface area contributed by atoms with Gasteiger partial charge in [0.25, 0.3) is 0 Å². The minimum absolute atomic E-state index is 0.0526. The van der Waals surface area contributed by atoms with Gasteiger partial charge < -0.3 is 14.7 Å². The number of rotatable bonds is 3. The van der Waals surface area contributed by atoms with Crippen LogP contribution in [-0.2, 0) is 23.9 Å². The van der Waals surface area contributed by atoms with Crippen LogP contribution in [0.15, 0.2) is 12.2 Å². The Kier molecular flexibility index (Phi) is 8.60. The molecular formula is C12H18N2O6. The number of nitrogens with one attached hydrogen (secondary N) is 1. The molecule has 0 fully saturated rings. The first-order chi connectivity index (χ1) is 9.32. The summed E-state index contributed by atoms with van der Waals surface area (Å²) >= 11 is 0. The summed E-state index contributed by atoms with van der Waals surface area (Å²) in [5.41, 5.74) is 0. The van der Waals surface area contributed by atoms with E-state index in [1.807, 2.05) is 5.32 Å². The molecule has 3 amide bonds. The molecule has 0 radical (unpaired) electrons. The first-order valence-corrected chi connectivity index (χ1v) is 5.86. The molecular weight excluding hydrogens is 268 g/mol. The second-order valence-electron chi connectivity index (χ2n) is 3.89. The number of hydrogen-bond donors (Lipinski definition) is 2. The van der Waals surface area contributed by atoms with Crippen LogP contribution in [0.2, 0.25) is 0 Å². The van der Waals surface area contributed by atoms with E-state index in [9.17, 15) is 19.2 Å². The lowest BCUT2D eigenvalue weighted by molar-refractivity contribution is -0.139. The fourth-order valence-electron chi connectivity index (χ4n) is 1.20. The van der Waals surface area contributed by atoms with Gasteiger partial charge >= 0.3 is 5.97 Å². The summed E-state index contributed by atoms with van der Waals surface area (Å²) in [7, 11) is 0. The van der Waals surface area contributed by atoms with Gasteiger partial charge in [0.15, 0.2) is 0 Å². The van der Waals surface area contributed by atoms with Crippen molar-refractivity contribution in [3.63, 3.8) is 0 Å². The van der Waals surface area contributed by atoms with Crippen molar-refractivity contribution in [1.82, 2.24) is 10.2 Å². The van der Waals surface area contributed by atoms with Crippen LogP contribution in [0.25, 0.3) is 0 Å². The van der Waals surface area contributed by atoms with Gasteiger partial charge in [0.05, 0.1) is 13.0 Å². The molecule has 0 saturated heterocycles. The zero-order valence-electron chi connectivity index (χ0n) is 11.4. The van der Waals surface area contributed by atoms with Gasteiger partial charge in [0, 0.05) is 26.5 Å². The predicted octanol–water partition coefficient (Wildman–Crippen LogP) is -0.497. The van der Waals surface area contributed by atoms with Crippen molar-refractivity contribution in [2.24, 2.45) is 0 Å². The lowest BCUT2D eigenvalue weighted by Gasteiger charge is -2.17. The van der Waals surface area contributed by atoms with Crippen LogP contribution in [0.5, 0.6) is 0 Å². The highest BCUT2D eigenvalue weighted by Crippen LogP contribution is 1.99. The highest BCUT2D eigenvalue weighted by Gasteiger charge is 2.13. The number of amides is 3. The fourth-order valence-corrected chi connectivity index (χ4v) is 1.20. The van der Waals surface area contributed by atoms with E-state index in [2.05, 4.69) is 0 Å². The normalized spacial score (nSPS) is 13.9. The molecule has 0 bridgehead atoms. The molecule has 0 atom stereocenters. The maximum Gasteiger partial charge on any atom is 0.305 e. The number of nitrogens with zero attached hydrogens (tertiary/aromatic N) is 1. The van der Waals surface area contributed by atoms with Crippen LogP contribution < -0.4 is 5.32 Å². The Balaban J connectivity index is 0.000000441. The van der Waals surface area contributed by atoms with E-state index < -0.39 is 5.97 Å². The Bertz CT molecular complexity index is 393. The second-order valence-corrected chi connectivity index (χ2v) is 3.89. The number of carboxylic acid groups (broad SMARTS) is 1. The molecule has 1 heterocycles. The third-order valence-electron chi connectivity index (χ3n) is 1.98. The van der Waals surface area contributed by atoms with Gasteiger partial charge in [0.1, 0.15) is 6.73 Å². The maximum absolute atomic E-state index is 11.2. The molecule has 112 valence electrons. The SMILES string of the molecule is CC(=O)NC(C)=O.O=C(O)CCN1COCC=CC1=O.